The maximum atomic E-state index is 14.7. The fourth-order valence-electron chi connectivity index (χ4n) is 6.78. The van der Waals surface area contributed by atoms with E-state index in [4.69, 9.17) is 21.3 Å². The molecular weight excluding hydrogens is 734 g/mol. The van der Waals surface area contributed by atoms with Crippen molar-refractivity contribution in [2.24, 2.45) is 10.9 Å². The number of rotatable bonds is 14. The summed E-state index contributed by atoms with van der Waals surface area (Å²) in [4.78, 5) is 62.3. The van der Waals surface area contributed by atoms with E-state index >= 15 is 0 Å². The average Bonchev–Trinajstić information content (AvgIpc) is 3.86. The van der Waals surface area contributed by atoms with Crippen LogP contribution in [-0.4, -0.2) is 89.7 Å². The summed E-state index contributed by atoms with van der Waals surface area (Å²) >= 11 is 6.50. The van der Waals surface area contributed by atoms with E-state index in [1.807, 2.05) is 97.9 Å². The second-order valence-corrected chi connectivity index (χ2v) is 20.3. The number of nitrogens with one attached hydrogen (secondary N) is 3. The van der Waals surface area contributed by atoms with Crippen molar-refractivity contribution in [3.63, 3.8) is 0 Å². The molecule has 294 valence electrons. The highest BCUT2D eigenvalue weighted by Crippen LogP contribution is 2.44. The zero-order valence-electron chi connectivity index (χ0n) is 32.6. The number of carbonyl (C=O) groups is 4. The molecule has 0 aromatic heterocycles. The summed E-state index contributed by atoms with van der Waals surface area (Å²) < 4.78 is 11.4. The third kappa shape index (κ3) is 11.0. The van der Waals surface area contributed by atoms with Gasteiger partial charge in [-0.1, -0.05) is 117 Å². The summed E-state index contributed by atoms with van der Waals surface area (Å²) in [5.74, 6) is -0.526. The van der Waals surface area contributed by atoms with Crippen LogP contribution < -0.4 is 26.6 Å². The molecule has 5 rings (SSSR count). The van der Waals surface area contributed by atoms with Crippen LogP contribution in [0.4, 0.5) is 4.79 Å². The molecule has 3 aromatic rings. The number of benzene rings is 3. The van der Waals surface area contributed by atoms with Crippen molar-refractivity contribution in [1.29, 1.82) is 0 Å². The molecule has 0 saturated carbocycles. The largest absolute Gasteiger partial charge is 0.477 e. The van der Waals surface area contributed by atoms with E-state index in [1.165, 1.54) is 4.90 Å². The van der Waals surface area contributed by atoms with Crippen LogP contribution in [0.15, 0.2) is 96.0 Å². The summed E-state index contributed by atoms with van der Waals surface area (Å²) in [6.45, 7) is 12.0. The standard InChI is InChI=1S/C42H54N5O6PS/c1-28(2)34-26-52-39(45-34)29(3)43-37(48)33(25-30-17-10-7-11-18-30)44-38(49)36-23-16-24-47(36)40(50)35(46-41(51)53-42(4,5)6)27-54(55,31-19-12-8-13-20-31)32-21-14-9-15-22-32/h7-15,17-22,28-29,33-36H,16,23-27H2,1-6H3,(H,43,48)(H,44,49)(H,46,51)/t29-,33+,34+,35-,36-/m0/s1. The Morgan fingerprint density at radius 1 is 0.873 bits per heavy atom. The minimum atomic E-state index is -2.69. The highest BCUT2D eigenvalue weighted by molar-refractivity contribution is 8.22. The van der Waals surface area contributed by atoms with Crippen LogP contribution in [0.25, 0.3) is 0 Å². The lowest BCUT2D eigenvalue weighted by molar-refractivity contribution is -0.140. The molecule has 0 unspecified atom stereocenters. The average molecular weight is 788 g/mol. The van der Waals surface area contributed by atoms with Crippen molar-refractivity contribution in [3.8, 4) is 0 Å². The fourth-order valence-corrected chi connectivity index (χ4v) is 10.7. The maximum absolute atomic E-state index is 14.7. The summed E-state index contributed by atoms with van der Waals surface area (Å²) in [6, 6.07) is 22.7. The van der Waals surface area contributed by atoms with Gasteiger partial charge < -0.3 is 30.3 Å². The van der Waals surface area contributed by atoms with Crippen LogP contribution in [0.3, 0.4) is 0 Å². The van der Waals surface area contributed by atoms with E-state index in [0.717, 1.165) is 16.2 Å². The van der Waals surface area contributed by atoms with Gasteiger partial charge in [0.25, 0.3) is 0 Å². The van der Waals surface area contributed by atoms with Gasteiger partial charge in [-0.05, 0) is 62.6 Å². The molecule has 0 radical (unpaired) electrons. The first-order valence-electron chi connectivity index (χ1n) is 19.0. The van der Waals surface area contributed by atoms with Gasteiger partial charge in [0.2, 0.25) is 23.6 Å². The molecule has 2 aliphatic heterocycles. The first-order chi connectivity index (χ1) is 26.1. The van der Waals surface area contributed by atoms with Gasteiger partial charge in [-0.2, -0.15) is 0 Å². The lowest BCUT2D eigenvalue weighted by Crippen LogP contribution is -2.58. The van der Waals surface area contributed by atoms with Gasteiger partial charge in [-0.25, -0.2) is 9.79 Å². The number of alkyl carbamates (subject to hydrolysis) is 1. The molecule has 0 spiro atoms. The Morgan fingerprint density at radius 3 is 2.00 bits per heavy atom. The Hall–Kier alpha value is -4.54. The quantitative estimate of drug-likeness (QED) is 0.202. The number of hydrogen-bond acceptors (Lipinski definition) is 8. The van der Waals surface area contributed by atoms with Crippen molar-refractivity contribution in [2.75, 3.05) is 19.3 Å². The van der Waals surface area contributed by atoms with Crippen LogP contribution in [0.2, 0.25) is 0 Å². The van der Waals surface area contributed by atoms with Gasteiger partial charge in [0.1, 0.15) is 36.4 Å². The second-order valence-electron chi connectivity index (χ2n) is 15.6. The minimum absolute atomic E-state index is 0.0158. The molecule has 11 nitrogen and oxygen atoms in total. The van der Waals surface area contributed by atoms with E-state index < -0.39 is 59.6 Å². The predicted molar refractivity (Wildman–Crippen MR) is 221 cm³/mol. The normalized spacial score (nSPS) is 18.7. The monoisotopic (exact) mass is 787 g/mol. The number of ether oxygens (including phenoxy) is 2. The summed E-state index contributed by atoms with van der Waals surface area (Å²) in [6.07, 6.45) is 0.556. The minimum Gasteiger partial charge on any atom is -0.477 e. The first kappa shape index (κ1) is 41.6. The number of hydrogen-bond donors (Lipinski definition) is 3. The predicted octanol–water partition coefficient (Wildman–Crippen LogP) is 4.69. The van der Waals surface area contributed by atoms with Gasteiger partial charge in [0.15, 0.2) is 0 Å². The molecule has 13 heteroatoms. The van der Waals surface area contributed by atoms with Crippen LogP contribution in [-0.2, 0) is 42.1 Å². The zero-order valence-corrected chi connectivity index (χ0v) is 34.3. The Balaban J connectivity index is 1.40. The summed E-state index contributed by atoms with van der Waals surface area (Å²) in [5, 5.41) is 10.6. The first-order valence-corrected chi connectivity index (χ1v) is 22.0. The smallest absolute Gasteiger partial charge is 0.408 e. The summed E-state index contributed by atoms with van der Waals surface area (Å²) in [5.41, 5.74) is 0.0455. The third-order valence-electron chi connectivity index (χ3n) is 9.72. The van der Waals surface area contributed by atoms with E-state index in [1.54, 1.807) is 20.8 Å². The zero-order chi connectivity index (χ0) is 39.8. The van der Waals surface area contributed by atoms with Crippen LogP contribution in [0.1, 0.15) is 59.9 Å². The molecule has 0 aliphatic carbocycles. The molecule has 2 heterocycles. The fraction of sp³-hybridized carbons (Fsp3) is 0.452. The molecule has 5 atom stereocenters. The van der Waals surface area contributed by atoms with E-state index in [0.29, 0.717) is 37.8 Å². The van der Waals surface area contributed by atoms with Crippen LogP contribution >= 0.6 is 6.04 Å². The van der Waals surface area contributed by atoms with Gasteiger partial charge in [0.05, 0.1) is 6.04 Å². The lowest BCUT2D eigenvalue weighted by Gasteiger charge is -2.33. The number of likely N-dealkylation sites (tertiary alicyclic amines) is 1. The molecular formula is C42H54N5O6PS. The number of carbonyl (C=O) groups excluding carboxylic acids is 4. The van der Waals surface area contributed by atoms with Crippen molar-refractivity contribution in [1.82, 2.24) is 20.9 Å². The molecule has 4 amide bonds. The van der Waals surface area contributed by atoms with Crippen molar-refractivity contribution < 1.29 is 28.7 Å². The SMILES string of the molecule is CC(C)[C@H]1COC([C@H](C)NC(=O)[C@@H](Cc2ccccc2)NC(=O)[C@@H]2CCCN2C(=O)[C@H](CP(=S)(c2ccccc2)c2ccccc2)NC(=O)OC(C)(C)C)=N1. The Morgan fingerprint density at radius 2 is 1.45 bits per heavy atom. The summed E-state index contributed by atoms with van der Waals surface area (Å²) in [7, 11) is 0. The van der Waals surface area contributed by atoms with E-state index in [-0.39, 0.29) is 18.6 Å². The third-order valence-corrected chi connectivity index (χ3v) is 14.6. The maximum Gasteiger partial charge on any atom is 0.408 e. The highest BCUT2D eigenvalue weighted by Gasteiger charge is 2.41. The number of amides is 4. The highest BCUT2D eigenvalue weighted by atomic mass is 32.4. The van der Waals surface area contributed by atoms with E-state index in [9.17, 15) is 19.2 Å². The van der Waals surface area contributed by atoms with Gasteiger partial charge in [-0.15, -0.1) is 0 Å². The molecule has 3 N–H and O–H groups in total. The van der Waals surface area contributed by atoms with Crippen LogP contribution in [0, 0.1) is 5.92 Å². The Kier molecular flexibility index (Phi) is 13.9. The van der Waals surface area contributed by atoms with E-state index in [2.05, 4.69) is 34.8 Å². The molecule has 55 heavy (non-hydrogen) atoms. The molecule has 1 saturated heterocycles. The molecule has 3 aromatic carbocycles. The molecule has 0 bridgehead atoms. The number of aliphatic imine (C=N–C) groups is 1. The number of nitrogens with zero attached hydrogens (tertiary/aromatic N) is 2. The van der Waals surface area contributed by atoms with Crippen molar-refractivity contribution in [3.05, 3.63) is 96.6 Å². The Labute approximate surface area is 330 Å². The molecule has 1 fully saturated rings. The van der Waals surface area contributed by atoms with Crippen LogP contribution in [0.5, 0.6) is 0 Å². The van der Waals surface area contributed by atoms with Crippen molar-refractivity contribution >= 4 is 58.2 Å². The van der Waals surface area contributed by atoms with Crippen molar-refractivity contribution in [2.45, 2.75) is 96.6 Å². The Bertz CT molecular complexity index is 1830. The van der Waals surface area contributed by atoms with Gasteiger partial charge >= 0.3 is 6.09 Å². The second kappa shape index (κ2) is 18.4. The molecule has 2 aliphatic rings. The van der Waals surface area contributed by atoms with Gasteiger partial charge in [0, 0.05) is 25.2 Å². The van der Waals surface area contributed by atoms with Gasteiger partial charge in [-0.3, -0.25) is 14.4 Å². The lowest BCUT2D eigenvalue weighted by atomic mass is 10.0. The topological polar surface area (TPSA) is 138 Å².